The molecule has 0 aromatic heterocycles. The Morgan fingerprint density at radius 2 is 1.24 bits per heavy atom. The summed E-state index contributed by atoms with van der Waals surface area (Å²) in [5.41, 5.74) is 0.141. The fraction of sp³-hybridized carbons (Fsp3) is 0.0400. The molecule has 0 aliphatic rings. The van der Waals surface area contributed by atoms with Crippen molar-refractivity contribution in [3.05, 3.63) is 93.6 Å². The zero-order chi connectivity index (χ0) is 20.3. The molecule has 0 aliphatic heterocycles. The molecule has 0 radical (unpaired) electrons. The standard InChI is InChI=1S/C25H16O4/c1-13-9-20(26)25(29)21(27)12-19(13)24(28)18-10-16-7-5-14-3-2-4-15-6-8-17(11-18)23(16)22(14)15/h2-12H,1H3,(H2,26,27,29). The number of benzene rings is 4. The van der Waals surface area contributed by atoms with Crippen LogP contribution in [0.5, 0.6) is 11.5 Å². The fourth-order valence-corrected chi connectivity index (χ4v) is 4.08. The lowest BCUT2D eigenvalue weighted by atomic mass is 9.91. The van der Waals surface area contributed by atoms with Gasteiger partial charge in [-0.05, 0) is 69.1 Å². The van der Waals surface area contributed by atoms with Crippen molar-refractivity contribution in [2.45, 2.75) is 6.92 Å². The van der Waals surface area contributed by atoms with E-state index in [0.29, 0.717) is 11.1 Å². The summed E-state index contributed by atoms with van der Waals surface area (Å²) in [6.45, 7) is 1.62. The first kappa shape index (κ1) is 17.2. The van der Waals surface area contributed by atoms with Gasteiger partial charge in [-0.3, -0.25) is 9.59 Å². The third-order valence-corrected chi connectivity index (χ3v) is 5.49. The summed E-state index contributed by atoms with van der Waals surface area (Å²) in [5.74, 6) is -1.57. The summed E-state index contributed by atoms with van der Waals surface area (Å²) in [6.07, 6.45) is 0. The molecule has 5 rings (SSSR count). The minimum absolute atomic E-state index is 0.174. The van der Waals surface area contributed by atoms with E-state index >= 15 is 0 Å². The lowest BCUT2D eigenvalue weighted by Gasteiger charge is -2.12. The zero-order valence-corrected chi connectivity index (χ0v) is 15.6. The molecule has 0 spiro atoms. The first-order valence-electron chi connectivity index (χ1n) is 9.23. The number of carbonyl (C=O) groups is 1. The van der Waals surface area contributed by atoms with Crippen molar-refractivity contribution in [1.82, 2.24) is 0 Å². The lowest BCUT2D eigenvalue weighted by Crippen LogP contribution is -2.03. The van der Waals surface area contributed by atoms with Crippen LogP contribution in [0.4, 0.5) is 0 Å². The van der Waals surface area contributed by atoms with E-state index in [4.69, 9.17) is 0 Å². The number of aryl methyl sites for hydroxylation is 1. The molecule has 0 bridgehead atoms. The predicted molar refractivity (Wildman–Crippen MR) is 114 cm³/mol. The van der Waals surface area contributed by atoms with E-state index in [1.54, 1.807) is 6.92 Å². The van der Waals surface area contributed by atoms with E-state index in [2.05, 4.69) is 12.1 Å². The van der Waals surface area contributed by atoms with Crippen LogP contribution in [0, 0.1) is 6.92 Å². The maximum Gasteiger partial charge on any atom is 0.261 e. The van der Waals surface area contributed by atoms with Gasteiger partial charge < -0.3 is 10.2 Å². The Labute approximate surface area is 165 Å². The highest BCUT2D eigenvalue weighted by Crippen LogP contribution is 2.35. The van der Waals surface area contributed by atoms with Gasteiger partial charge in [0.2, 0.25) is 0 Å². The molecular formula is C25H16O4. The van der Waals surface area contributed by atoms with Gasteiger partial charge in [-0.25, -0.2) is 0 Å². The monoisotopic (exact) mass is 380 g/mol. The van der Waals surface area contributed by atoms with Crippen molar-refractivity contribution < 1.29 is 15.0 Å². The predicted octanol–water partition coefficient (Wildman–Crippen LogP) is 4.89. The largest absolute Gasteiger partial charge is 0.504 e. The van der Waals surface area contributed by atoms with Gasteiger partial charge >= 0.3 is 0 Å². The normalized spacial score (nSPS) is 11.5. The molecule has 0 amide bonds. The summed E-state index contributed by atoms with van der Waals surface area (Å²) in [5, 5.41) is 26.1. The van der Waals surface area contributed by atoms with Crippen LogP contribution in [0.1, 0.15) is 21.5 Å². The highest BCUT2D eigenvalue weighted by Gasteiger charge is 2.17. The number of ketones is 1. The molecule has 0 atom stereocenters. The van der Waals surface area contributed by atoms with Crippen LogP contribution >= 0.6 is 0 Å². The van der Waals surface area contributed by atoms with Gasteiger partial charge in [0.15, 0.2) is 17.3 Å². The molecule has 0 saturated carbocycles. The van der Waals surface area contributed by atoms with Crippen LogP contribution in [-0.4, -0.2) is 16.0 Å². The van der Waals surface area contributed by atoms with Crippen LogP contribution in [0.15, 0.2) is 71.5 Å². The third kappa shape index (κ3) is 2.53. The lowest BCUT2D eigenvalue weighted by molar-refractivity contribution is 0.103. The molecule has 5 aromatic rings. The third-order valence-electron chi connectivity index (χ3n) is 5.49. The Bertz CT molecular complexity index is 1450. The van der Waals surface area contributed by atoms with Crippen LogP contribution in [-0.2, 0) is 0 Å². The number of carbonyl (C=O) groups excluding carboxylic acids is 1. The van der Waals surface area contributed by atoms with Gasteiger partial charge in [0.1, 0.15) is 0 Å². The molecule has 0 saturated heterocycles. The molecule has 29 heavy (non-hydrogen) atoms. The number of aromatic hydroxyl groups is 2. The van der Waals surface area contributed by atoms with Crippen molar-refractivity contribution >= 4 is 38.1 Å². The molecular weight excluding hydrogens is 364 g/mol. The van der Waals surface area contributed by atoms with Gasteiger partial charge in [-0.15, -0.1) is 0 Å². The maximum atomic E-state index is 13.3. The number of hydrogen-bond donors (Lipinski definition) is 2. The second kappa shape index (κ2) is 6.04. The molecule has 0 aliphatic carbocycles. The first-order chi connectivity index (χ1) is 13.9. The van der Waals surface area contributed by atoms with Gasteiger partial charge in [0.25, 0.3) is 5.43 Å². The molecule has 0 heterocycles. The second-order valence-corrected chi connectivity index (χ2v) is 7.32. The second-order valence-electron chi connectivity index (χ2n) is 7.32. The molecule has 0 fully saturated rings. The van der Waals surface area contributed by atoms with Crippen molar-refractivity contribution in [2.24, 2.45) is 0 Å². The Morgan fingerprint density at radius 1 is 0.724 bits per heavy atom. The van der Waals surface area contributed by atoms with E-state index in [-0.39, 0.29) is 11.3 Å². The smallest absolute Gasteiger partial charge is 0.261 e. The van der Waals surface area contributed by atoms with Crippen molar-refractivity contribution in [3.8, 4) is 11.5 Å². The summed E-state index contributed by atoms with van der Waals surface area (Å²) >= 11 is 0. The summed E-state index contributed by atoms with van der Waals surface area (Å²) in [6, 6.07) is 20.3. The Kier molecular flexibility index (Phi) is 3.58. The average molecular weight is 380 g/mol. The Balaban J connectivity index is 1.78. The SMILES string of the molecule is Cc1cc(O)c(=O)c(O)cc1C(=O)c1cc2ccc3cccc4ccc(c1)c2c34. The van der Waals surface area contributed by atoms with Crippen molar-refractivity contribution in [3.63, 3.8) is 0 Å². The highest BCUT2D eigenvalue weighted by molar-refractivity contribution is 6.25. The van der Waals surface area contributed by atoms with E-state index in [1.165, 1.54) is 11.5 Å². The summed E-state index contributed by atoms with van der Waals surface area (Å²) in [7, 11) is 0. The first-order valence-corrected chi connectivity index (χ1v) is 9.23. The fourth-order valence-electron chi connectivity index (χ4n) is 4.08. The van der Waals surface area contributed by atoms with Gasteiger partial charge in [-0.2, -0.15) is 0 Å². The van der Waals surface area contributed by atoms with Crippen LogP contribution in [0.3, 0.4) is 0 Å². The van der Waals surface area contributed by atoms with E-state index in [9.17, 15) is 19.8 Å². The quantitative estimate of drug-likeness (QED) is 0.338. The number of hydrogen-bond acceptors (Lipinski definition) is 4. The molecule has 0 unspecified atom stereocenters. The van der Waals surface area contributed by atoms with Gasteiger partial charge in [0.05, 0.1) is 0 Å². The van der Waals surface area contributed by atoms with Crippen LogP contribution < -0.4 is 5.43 Å². The van der Waals surface area contributed by atoms with Crippen molar-refractivity contribution in [2.75, 3.05) is 0 Å². The van der Waals surface area contributed by atoms with Gasteiger partial charge in [-0.1, -0.05) is 42.5 Å². The average Bonchev–Trinajstić information content (AvgIpc) is 2.82. The maximum absolute atomic E-state index is 13.3. The topological polar surface area (TPSA) is 74.6 Å². The van der Waals surface area contributed by atoms with Crippen LogP contribution in [0.25, 0.3) is 32.3 Å². The molecule has 140 valence electrons. The number of rotatable bonds is 2. The molecule has 2 N–H and O–H groups in total. The van der Waals surface area contributed by atoms with Crippen LogP contribution in [0.2, 0.25) is 0 Å². The molecule has 4 heteroatoms. The minimum Gasteiger partial charge on any atom is -0.504 e. The molecule has 4 nitrogen and oxygen atoms in total. The minimum atomic E-state index is -0.900. The Morgan fingerprint density at radius 3 is 1.86 bits per heavy atom. The Hall–Kier alpha value is -3.92. The van der Waals surface area contributed by atoms with E-state index in [0.717, 1.165) is 33.0 Å². The zero-order valence-electron chi connectivity index (χ0n) is 15.6. The molecule has 5 aromatic carbocycles. The van der Waals surface area contributed by atoms with E-state index in [1.807, 2.05) is 42.5 Å². The van der Waals surface area contributed by atoms with E-state index < -0.39 is 16.9 Å². The van der Waals surface area contributed by atoms with Crippen molar-refractivity contribution in [1.29, 1.82) is 0 Å². The summed E-state index contributed by atoms with van der Waals surface area (Å²) in [4.78, 5) is 25.1. The van der Waals surface area contributed by atoms with Gasteiger partial charge in [0, 0.05) is 11.1 Å². The highest BCUT2D eigenvalue weighted by atomic mass is 16.3. The summed E-state index contributed by atoms with van der Waals surface area (Å²) < 4.78 is 0.